The van der Waals surface area contributed by atoms with E-state index in [9.17, 15) is 0 Å². The van der Waals surface area contributed by atoms with Crippen LogP contribution in [0.3, 0.4) is 0 Å². The highest BCUT2D eigenvalue weighted by molar-refractivity contribution is 5.14. The molecule has 0 unspecified atom stereocenters. The van der Waals surface area contributed by atoms with Crippen molar-refractivity contribution in [1.29, 1.82) is 0 Å². The summed E-state index contributed by atoms with van der Waals surface area (Å²) in [7, 11) is 0. The highest BCUT2D eigenvalue weighted by Crippen LogP contribution is 2.04. The molecule has 2 aromatic carbocycles. The molecule has 2 rings (SSSR count). The highest BCUT2D eigenvalue weighted by atomic mass is 14.9. The highest BCUT2D eigenvalue weighted by Gasteiger charge is 2.03. The molecule has 0 bridgehead atoms. The fourth-order valence-electron chi connectivity index (χ4n) is 2.28. The van der Waals surface area contributed by atoms with Gasteiger partial charge in [0.25, 0.3) is 0 Å². The van der Waals surface area contributed by atoms with Gasteiger partial charge in [-0.1, -0.05) is 80.6 Å². The van der Waals surface area contributed by atoms with Gasteiger partial charge in [0.15, 0.2) is 0 Å². The lowest BCUT2D eigenvalue weighted by Crippen LogP contribution is -2.29. The van der Waals surface area contributed by atoms with Crippen molar-refractivity contribution in [1.82, 2.24) is 5.32 Å². The standard InChI is InChI=1S/C14H23N.C6H6/c1-12(2)11-13(3)15-10-9-14-7-5-4-6-8-14;1-2-4-6-5-3-1/h4-8,12-13,15H,9-11H2,1-3H3;1-6H/t13-;/m0./s1. The Bertz CT molecular complexity index is 409. The number of rotatable bonds is 6. The van der Waals surface area contributed by atoms with Crippen LogP contribution >= 0.6 is 0 Å². The molecule has 1 N–H and O–H groups in total. The molecule has 1 heteroatoms. The third kappa shape index (κ3) is 9.86. The summed E-state index contributed by atoms with van der Waals surface area (Å²) in [5, 5.41) is 3.56. The second-order valence-corrected chi connectivity index (χ2v) is 5.88. The van der Waals surface area contributed by atoms with Crippen molar-refractivity contribution in [2.45, 2.75) is 39.7 Å². The van der Waals surface area contributed by atoms with Gasteiger partial charge >= 0.3 is 0 Å². The number of hydrogen-bond acceptors (Lipinski definition) is 1. The maximum atomic E-state index is 3.56. The minimum absolute atomic E-state index is 0.633. The van der Waals surface area contributed by atoms with Crippen molar-refractivity contribution in [2.75, 3.05) is 6.54 Å². The minimum atomic E-state index is 0.633. The number of benzene rings is 2. The van der Waals surface area contributed by atoms with Crippen LogP contribution in [0.5, 0.6) is 0 Å². The van der Waals surface area contributed by atoms with Crippen LogP contribution < -0.4 is 5.32 Å². The van der Waals surface area contributed by atoms with Gasteiger partial charge in [-0.25, -0.2) is 0 Å². The molecule has 1 atom stereocenters. The first-order valence-corrected chi connectivity index (χ1v) is 7.96. The van der Waals surface area contributed by atoms with Gasteiger partial charge in [-0.15, -0.1) is 0 Å². The maximum absolute atomic E-state index is 3.56. The van der Waals surface area contributed by atoms with Gasteiger partial charge in [-0.05, 0) is 37.8 Å². The van der Waals surface area contributed by atoms with Crippen LogP contribution in [0.15, 0.2) is 66.7 Å². The van der Waals surface area contributed by atoms with Crippen molar-refractivity contribution in [3.8, 4) is 0 Å². The molecule has 0 amide bonds. The van der Waals surface area contributed by atoms with E-state index < -0.39 is 0 Å². The molecule has 0 aliphatic heterocycles. The van der Waals surface area contributed by atoms with Crippen LogP contribution in [0, 0.1) is 5.92 Å². The Kier molecular flexibility index (Phi) is 9.23. The van der Waals surface area contributed by atoms with Crippen LogP contribution in [0.2, 0.25) is 0 Å². The molecular weight excluding hydrogens is 254 g/mol. The molecule has 1 nitrogen and oxygen atoms in total. The summed E-state index contributed by atoms with van der Waals surface area (Å²) in [6.07, 6.45) is 2.39. The summed E-state index contributed by atoms with van der Waals surface area (Å²) in [6, 6.07) is 23.3. The lowest BCUT2D eigenvalue weighted by Gasteiger charge is -2.15. The number of hydrogen-bond donors (Lipinski definition) is 1. The Hall–Kier alpha value is -1.60. The Labute approximate surface area is 130 Å². The zero-order chi connectivity index (χ0) is 15.3. The van der Waals surface area contributed by atoms with E-state index in [0.29, 0.717) is 6.04 Å². The lowest BCUT2D eigenvalue weighted by molar-refractivity contribution is 0.445. The van der Waals surface area contributed by atoms with E-state index in [0.717, 1.165) is 18.9 Å². The van der Waals surface area contributed by atoms with Gasteiger partial charge in [0.05, 0.1) is 0 Å². The second kappa shape index (κ2) is 11.1. The molecule has 0 aromatic heterocycles. The zero-order valence-corrected chi connectivity index (χ0v) is 13.6. The third-order valence-corrected chi connectivity index (χ3v) is 3.24. The van der Waals surface area contributed by atoms with Gasteiger partial charge in [0.1, 0.15) is 0 Å². The molecule has 0 saturated heterocycles. The molecule has 0 aliphatic rings. The van der Waals surface area contributed by atoms with Gasteiger partial charge in [-0.3, -0.25) is 0 Å². The smallest absolute Gasteiger partial charge is 0.00412 e. The van der Waals surface area contributed by atoms with Crippen LogP contribution in [0.1, 0.15) is 32.8 Å². The van der Waals surface area contributed by atoms with E-state index in [1.807, 2.05) is 36.4 Å². The lowest BCUT2D eigenvalue weighted by atomic mass is 10.1. The molecule has 21 heavy (non-hydrogen) atoms. The molecular formula is C20H29N. The average molecular weight is 283 g/mol. The van der Waals surface area contributed by atoms with Gasteiger partial charge in [-0.2, -0.15) is 0 Å². The summed E-state index contributed by atoms with van der Waals surface area (Å²) in [5.74, 6) is 0.782. The molecule has 0 saturated carbocycles. The predicted octanol–water partition coefficient (Wildman–Crippen LogP) is 4.94. The fourth-order valence-corrected chi connectivity index (χ4v) is 2.28. The van der Waals surface area contributed by atoms with Crippen LogP contribution in [-0.4, -0.2) is 12.6 Å². The van der Waals surface area contributed by atoms with E-state index in [-0.39, 0.29) is 0 Å². The summed E-state index contributed by atoms with van der Waals surface area (Å²) < 4.78 is 0. The average Bonchev–Trinajstić information content (AvgIpc) is 2.50. The Morgan fingerprint density at radius 3 is 1.71 bits per heavy atom. The normalized spacial score (nSPS) is 11.6. The van der Waals surface area contributed by atoms with Crippen molar-refractivity contribution in [3.63, 3.8) is 0 Å². The zero-order valence-electron chi connectivity index (χ0n) is 13.6. The summed E-state index contributed by atoms with van der Waals surface area (Å²) in [5.41, 5.74) is 1.42. The predicted molar refractivity (Wildman–Crippen MR) is 93.5 cm³/mol. The third-order valence-electron chi connectivity index (χ3n) is 3.24. The van der Waals surface area contributed by atoms with Crippen molar-refractivity contribution in [3.05, 3.63) is 72.3 Å². The molecule has 2 aromatic rings. The summed E-state index contributed by atoms with van der Waals surface area (Å²) in [6.45, 7) is 7.90. The molecule has 0 fully saturated rings. The molecule has 0 radical (unpaired) electrons. The Morgan fingerprint density at radius 1 is 0.762 bits per heavy atom. The van der Waals surface area contributed by atoms with Gasteiger partial charge in [0.2, 0.25) is 0 Å². The maximum Gasteiger partial charge on any atom is 0.00412 e. The summed E-state index contributed by atoms with van der Waals surface area (Å²) in [4.78, 5) is 0. The van der Waals surface area contributed by atoms with E-state index in [2.05, 4.69) is 56.4 Å². The second-order valence-electron chi connectivity index (χ2n) is 5.88. The molecule has 0 spiro atoms. The first kappa shape index (κ1) is 17.5. The SMILES string of the molecule is CC(C)C[C@H](C)NCCc1ccccc1.c1ccccc1. The van der Waals surface area contributed by atoms with Gasteiger partial charge < -0.3 is 5.32 Å². The quantitative estimate of drug-likeness (QED) is 0.791. The topological polar surface area (TPSA) is 12.0 Å². The van der Waals surface area contributed by atoms with E-state index in [1.165, 1.54) is 12.0 Å². The minimum Gasteiger partial charge on any atom is -0.314 e. The van der Waals surface area contributed by atoms with E-state index in [1.54, 1.807) is 0 Å². The first-order chi connectivity index (χ1) is 10.2. The van der Waals surface area contributed by atoms with Crippen LogP contribution in [0.4, 0.5) is 0 Å². The van der Waals surface area contributed by atoms with Crippen LogP contribution in [-0.2, 0) is 6.42 Å². The van der Waals surface area contributed by atoms with Gasteiger partial charge in [0, 0.05) is 6.04 Å². The van der Waals surface area contributed by atoms with Crippen molar-refractivity contribution < 1.29 is 0 Å². The van der Waals surface area contributed by atoms with Crippen molar-refractivity contribution >= 4 is 0 Å². The van der Waals surface area contributed by atoms with Crippen LogP contribution in [0.25, 0.3) is 0 Å². The van der Waals surface area contributed by atoms with E-state index in [4.69, 9.17) is 0 Å². The van der Waals surface area contributed by atoms with E-state index >= 15 is 0 Å². The largest absolute Gasteiger partial charge is 0.314 e. The summed E-state index contributed by atoms with van der Waals surface area (Å²) >= 11 is 0. The van der Waals surface area contributed by atoms with Crippen molar-refractivity contribution in [2.24, 2.45) is 5.92 Å². The Balaban J connectivity index is 0.000000304. The molecule has 0 heterocycles. The fraction of sp³-hybridized carbons (Fsp3) is 0.400. The monoisotopic (exact) mass is 283 g/mol. The molecule has 114 valence electrons. The molecule has 0 aliphatic carbocycles. The number of nitrogens with one attached hydrogen (secondary N) is 1. The Morgan fingerprint density at radius 2 is 1.24 bits per heavy atom. The first-order valence-electron chi connectivity index (χ1n) is 7.96.